The molecule has 14 heavy (non-hydrogen) atoms. The Bertz CT molecular complexity index is 294. The van der Waals surface area contributed by atoms with Gasteiger partial charge in [-0.3, -0.25) is 0 Å². The topological polar surface area (TPSA) is 9.23 Å². The Kier molecular flexibility index (Phi) is 2.93. The van der Waals surface area contributed by atoms with Crippen LogP contribution in [0.1, 0.15) is 18.9 Å². The summed E-state index contributed by atoms with van der Waals surface area (Å²) in [7, 11) is 0. The predicted octanol–water partition coefficient (Wildman–Crippen LogP) is 3.38. The van der Waals surface area contributed by atoms with Crippen LogP contribution in [-0.4, -0.2) is 10.9 Å². The highest BCUT2D eigenvalue weighted by molar-refractivity contribution is 9.10. The van der Waals surface area contributed by atoms with Gasteiger partial charge in [0.1, 0.15) is 0 Å². The zero-order valence-electron chi connectivity index (χ0n) is 8.37. The maximum Gasteiger partial charge on any atom is 0.0717 e. The molecule has 1 aliphatic carbocycles. The van der Waals surface area contributed by atoms with Gasteiger partial charge in [0, 0.05) is 4.32 Å². The van der Waals surface area contributed by atoms with Crippen LogP contribution in [0.4, 0.5) is 0 Å². The molecule has 1 nitrogen and oxygen atoms in total. The van der Waals surface area contributed by atoms with Crippen molar-refractivity contribution in [3.63, 3.8) is 0 Å². The van der Waals surface area contributed by atoms with Gasteiger partial charge in [-0.2, -0.15) is 0 Å². The highest BCUT2D eigenvalue weighted by Crippen LogP contribution is 2.50. The van der Waals surface area contributed by atoms with Crippen molar-refractivity contribution >= 4 is 15.9 Å². The van der Waals surface area contributed by atoms with E-state index in [2.05, 4.69) is 35.0 Å². The molecule has 0 unspecified atom stereocenters. The largest absolute Gasteiger partial charge is 0.376 e. The molecular weight excluding hydrogens is 240 g/mol. The number of hydrogen-bond acceptors (Lipinski definition) is 1. The van der Waals surface area contributed by atoms with E-state index in [1.807, 2.05) is 18.2 Å². The van der Waals surface area contributed by atoms with Crippen LogP contribution >= 0.6 is 15.9 Å². The molecule has 76 valence electrons. The number of alkyl halides is 1. The van der Waals surface area contributed by atoms with Gasteiger partial charge in [-0.1, -0.05) is 46.3 Å². The smallest absolute Gasteiger partial charge is 0.0717 e. The first-order valence-corrected chi connectivity index (χ1v) is 5.78. The first-order valence-electron chi connectivity index (χ1n) is 4.99. The third-order valence-electron chi connectivity index (χ3n) is 2.77. The number of halogens is 1. The van der Waals surface area contributed by atoms with Crippen molar-refractivity contribution in [2.75, 3.05) is 6.61 Å². The van der Waals surface area contributed by atoms with Crippen molar-refractivity contribution in [2.24, 2.45) is 5.92 Å². The van der Waals surface area contributed by atoms with Crippen LogP contribution in [0.15, 0.2) is 30.3 Å². The van der Waals surface area contributed by atoms with Crippen LogP contribution in [-0.2, 0) is 11.3 Å². The van der Waals surface area contributed by atoms with Gasteiger partial charge in [-0.05, 0) is 24.8 Å². The highest BCUT2D eigenvalue weighted by Gasteiger charge is 2.47. The molecule has 0 radical (unpaired) electrons. The van der Waals surface area contributed by atoms with Gasteiger partial charge < -0.3 is 4.74 Å². The van der Waals surface area contributed by atoms with Crippen molar-refractivity contribution in [3.8, 4) is 0 Å². The molecule has 1 aromatic carbocycles. The lowest BCUT2D eigenvalue weighted by Crippen LogP contribution is -2.02. The Hall–Kier alpha value is -0.340. The molecule has 0 bridgehead atoms. The molecule has 2 heteroatoms. The number of rotatable bonds is 4. The van der Waals surface area contributed by atoms with Crippen molar-refractivity contribution in [3.05, 3.63) is 35.9 Å². The van der Waals surface area contributed by atoms with Crippen LogP contribution in [0, 0.1) is 5.92 Å². The summed E-state index contributed by atoms with van der Waals surface area (Å²) in [5.74, 6) is 0.700. The molecular formula is C12H15BrO. The van der Waals surface area contributed by atoms with E-state index in [1.54, 1.807) is 0 Å². The van der Waals surface area contributed by atoms with Crippen LogP contribution in [0.2, 0.25) is 0 Å². The minimum absolute atomic E-state index is 0.351. The van der Waals surface area contributed by atoms with Crippen molar-refractivity contribution < 1.29 is 4.74 Å². The normalized spacial score (nSPS) is 30.3. The Morgan fingerprint density at radius 3 is 2.64 bits per heavy atom. The van der Waals surface area contributed by atoms with Gasteiger partial charge in [-0.25, -0.2) is 0 Å². The van der Waals surface area contributed by atoms with Gasteiger partial charge in [0.2, 0.25) is 0 Å². The zero-order chi connectivity index (χ0) is 10.0. The zero-order valence-corrected chi connectivity index (χ0v) is 9.96. The average Bonchev–Trinajstić information content (AvgIpc) is 2.76. The second-order valence-corrected chi connectivity index (χ2v) is 5.99. The fraction of sp³-hybridized carbons (Fsp3) is 0.500. The lowest BCUT2D eigenvalue weighted by Gasteiger charge is -2.04. The molecule has 2 atom stereocenters. The maximum atomic E-state index is 5.65. The van der Waals surface area contributed by atoms with E-state index < -0.39 is 0 Å². The van der Waals surface area contributed by atoms with Crippen molar-refractivity contribution in [1.29, 1.82) is 0 Å². The van der Waals surface area contributed by atoms with Gasteiger partial charge >= 0.3 is 0 Å². The second-order valence-electron chi connectivity index (χ2n) is 4.18. The average molecular weight is 255 g/mol. The highest BCUT2D eigenvalue weighted by atomic mass is 79.9. The molecule has 0 saturated heterocycles. The third-order valence-corrected chi connectivity index (χ3v) is 3.74. The quantitative estimate of drug-likeness (QED) is 0.749. The van der Waals surface area contributed by atoms with E-state index in [9.17, 15) is 0 Å². The second kappa shape index (κ2) is 4.03. The number of ether oxygens (including phenoxy) is 1. The van der Waals surface area contributed by atoms with Crippen LogP contribution in [0.25, 0.3) is 0 Å². The van der Waals surface area contributed by atoms with Crippen LogP contribution < -0.4 is 0 Å². The summed E-state index contributed by atoms with van der Waals surface area (Å²) >= 11 is 3.66. The van der Waals surface area contributed by atoms with E-state index in [0.29, 0.717) is 10.2 Å². The number of hydrogen-bond donors (Lipinski definition) is 0. The molecule has 2 rings (SSSR count). The number of benzene rings is 1. The predicted molar refractivity (Wildman–Crippen MR) is 61.5 cm³/mol. The van der Waals surface area contributed by atoms with Crippen molar-refractivity contribution in [2.45, 2.75) is 24.3 Å². The molecule has 0 amide bonds. The summed E-state index contributed by atoms with van der Waals surface area (Å²) in [6, 6.07) is 10.3. The van der Waals surface area contributed by atoms with Gasteiger partial charge in [0.25, 0.3) is 0 Å². The van der Waals surface area contributed by atoms with E-state index in [4.69, 9.17) is 4.74 Å². The fourth-order valence-electron chi connectivity index (χ4n) is 1.55. The molecule has 0 aromatic heterocycles. The summed E-state index contributed by atoms with van der Waals surface area (Å²) in [5, 5.41) is 0. The third kappa shape index (κ3) is 2.58. The Morgan fingerprint density at radius 2 is 2.07 bits per heavy atom. The van der Waals surface area contributed by atoms with E-state index >= 15 is 0 Å². The molecule has 1 fully saturated rings. The molecule has 0 spiro atoms. The first kappa shape index (κ1) is 10.2. The van der Waals surface area contributed by atoms with E-state index in [0.717, 1.165) is 13.2 Å². The Labute approximate surface area is 93.6 Å². The van der Waals surface area contributed by atoms with E-state index in [-0.39, 0.29) is 0 Å². The lowest BCUT2D eigenvalue weighted by molar-refractivity contribution is 0.110. The molecule has 0 aliphatic heterocycles. The van der Waals surface area contributed by atoms with Crippen molar-refractivity contribution in [1.82, 2.24) is 0 Å². The summed E-state index contributed by atoms with van der Waals surface area (Å²) in [6.45, 7) is 3.83. The SMILES string of the molecule is C[C@]1(Br)C[C@H]1COCc1ccccc1. The summed E-state index contributed by atoms with van der Waals surface area (Å²) in [4.78, 5) is 0. The molecule has 0 N–H and O–H groups in total. The molecule has 1 aromatic rings. The lowest BCUT2D eigenvalue weighted by atomic mass is 10.2. The monoisotopic (exact) mass is 254 g/mol. The minimum Gasteiger partial charge on any atom is -0.376 e. The Morgan fingerprint density at radius 1 is 1.43 bits per heavy atom. The standard InChI is InChI=1S/C12H15BrO/c1-12(13)7-11(12)9-14-8-10-5-3-2-4-6-10/h2-6,11H,7-9H2,1H3/t11-,12-/m0/s1. The fourth-order valence-corrected chi connectivity index (χ4v) is 2.07. The maximum absolute atomic E-state index is 5.65. The summed E-state index contributed by atoms with van der Waals surface area (Å²) in [5.41, 5.74) is 1.25. The summed E-state index contributed by atoms with van der Waals surface area (Å²) < 4.78 is 6.00. The minimum atomic E-state index is 0.351. The van der Waals surface area contributed by atoms with Gasteiger partial charge in [-0.15, -0.1) is 0 Å². The summed E-state index contributed by atoms with van der Waals surface area (Å²) in [6.07, 6.45) is 1.24. The van der Waals surface area contributed by atoms with Gasteiger partial charge in [0.15, 0.2) is 0 Å². The molecule has 0 heterocycles. The first-order chi connectivity index (χ1) is 6.68. The van der Waals surface area contributed by atoms with Crippen LogP contribution in [0.5, 0.6) is 0 Å². The molecule has 1 aliphatic rings. The van der Waals surface area contributed by atoms with Crippen LogP contribution in [0.3, 0.4) is 0 Å². The molecule has 1 saturated carbocycles. The van der Waals surface area contributed by atoms with E-state index in [1.165, 1.54) is 12.0 Å². The van der Waals surface area contributed by atoms with Gasteiger partial charge in [0.05, 0.1) is 13.2 Å². The Balaban J connectivity index is 1.69.